The quantitative estimate of drug-likeness (QED) is 0.823. The molecule has 0 aromatic heterocycles. The zero-order valence-electron chi connectivity index (χ0n) is 15.1. The molecule has 0 spiro atoms. The van der Waals surface area contributed by atoms with Crippen molar-refractivity contribution in [2.24, 2.45) is 0 Å². The Kier molecular flexibility index (Phi) is 4.80. The standard InChI is InChI=1S/C21H22N2O3/c1-21(2,3)15-7-4-14(5-8-15)6-11-19(24)22-16-9-10-17-18(12-16)26-13-20(25)23-17/h4-12H,13H2,1-3H3,(H,22,24)(H,23,25)/b11-6+. The van der Waals surface area contributed by atoms with Gasteiger partial charge in [0, 0.05) is 17.8 Å². The van der Waals surface area contributed by atoms with Gasteiger partial charge in [0.1, 0.15) is 5.75 Å². The molecule has 26 heavy (non-hydrogen) atoms. The lowest BCUT2D eigenvalue weighted by molar-refractivity contribution is -0.118. The van der Waals surface area contributed by atoms with Crippen molar-refractivity contribution < 1.29 is 14.3 Å². The van der Waals surface area contributed by atoms with Gasteiger partial charge in [-0.15, -0.1) is 0 Å². The van der Waals surface area contributed by atoms with E-state index in [1.54, 1.807) is 24.3 Å². The zero-order chi connectivity index (χ0) is 18.7. The molecule has 3 rings (SSSR count). The third kappa shape index (κ3) is 4.30. The number of nitrogens with one attached hydrogen (secondary N) is 2. The lowest BCUT2D eigenvalue weighted by Gasteiger charge is -2.18. The van der Waals surface area contributed by atoms with Gasteiger partial charge in [0.25, 0.3) is 5.91 Å². The van der Waals surface area contributed by atoms with E-state index in [-0.39, 0.29) is 23.8 Å². The van der Waals surface area contributed by atoms with Crippen molar-refractivity contribution >= 4 is 29.3 Å². The molecule has 0 unspecified atom stereocenters. The number of hydrogen-bond donors (Lipinski definition) is 2. The normalized spacial score (nSPS) is 13.7. The first-order valence-electron chi connectivity index (χ1n) is 8.47. The average molecular weight is 350 g/mol. The summed E-state index contributed by atoms with van der Waals surface area (Å²) in [5.41, 5.74) is 3.53. The molecule has 2 aromatic rings. The summed E-state index contributed by atoms with van der Waals surface area (Å²) in [6.07, 6.45) is 3.27. The molecule has 1 aliphatic rings. The lowest BCUT2D eigenvalue weighted by atomic mass is 9.87. The molecule has 0 radical (unpaired) electrons. The third-order valence-electron chi connectivity index (χ3n) is 4.09. The van der Waals surface area contributed by atoms with Crippen LogP contribution in [-0.2, 0) is 15.0 Å². The van der Waals surface area contributed by atoms with Crippen molar-refractivity contribution in [3.63, 3.8) is 0 Å². The van der Waals surface area contributed by atoms with E-state index in [1.165, 1.54) is 11.6 Å². The predicted molar refractivity (Wildman–Crippen MR) is 103 cm³/mol. The minimum absolute atomic E-state index is 0.0190. The van der Waals surface area contributed by atoms with Gasteiger partial charge in [0.05, 0.1) is 5.69 Å². The highest BCUT2D eigenvalue weighted by atomic mass is 16.5. The van der Waals surface area contributed by atoms with Crippen molar-refractivity contribution in [2.75, 3.05) is 17.2 Å². The second kappa shape index (κ2) is 7.04. The Morgan fingerprint density at radius 1 is 1.15 bits per heavy atom. The largest absolute Gasteiger partial charge is 0.482 e. The van der Waals surface area contributed by atoms with Crippen LogP contribution >= 0.6 is 0 Å². The number of fused-ring (bicyclic) bond motifs is 1. The molecule has 0 bridgehead atoms. The minimum Gasteiger partial charge on any atom is -0.482 e. The van der Waals surface area contributed by atoms with E-state index >= 15 is 0 Å². The van der Waals surface area contributed by atoms with Gasteiger partial charge in [0.2, 0.25) is 5.91 Å². The van der Waals surface area contributed by atoms with Crippen molar-refractivity contribution in [3.8, 4) is 5.75 Å². The molecule has 5 heteroatoms. The van der Waals surface area contributed by atoms with Crippen LogP contribution in [-0.4, -0.2) is 18.4 Å². The summed E-state index contributed by atoms with van der Waals surface area (Å²) in [5, 5.41) is 5.50. The van der Waals surface area contributed by atoms with Gasteiger partial charge < -0.3 is 15.4 Å². The van der Waals surface area contributed by atoms with Crippen molar-refractivity contribution in [1.82, 2.24) is 0 Å². The van der Waals surface area contributed by atoms with Crippen LogP contribution in [0.25, 0.3) is 6.08 Å². The summed E-state index contributed by atoms with van der Waals surface area (Å²) in [6.45, 7) is 6.48. The first-order valence-corrected chi connectivity index (χ1v) is 8.47. The molecule has 2 aromatic carbocycles. The van der Waals surface area contributed by atoms with Gasteiger partial charge in [-0.3, -0.25) is 9.59 Å². The summed E-state index contributed by atoms with van der Waals surface area (Å²) >= 11 is 0. The maximum Gasteiger partial charge on any atom is 0.262 e. The molecule has 0 saturated carbocycles. The molecule has 1 aliphatic heterocycles. The maximum atomic E-state index is 12.1. The number of hydrogen-bond acceptors (Lipinski definition) is 3. The van der Waals surface area contributed by atoms with Crippen LogP contribution in [0, 0.1) is 0 Å². The Morgan fingerprint density at radius 3 is 2.58 bits per heavy atom. The summed E-state index contributed by atoms with van der Waals surface area (Å²) in [7, 11) is 0. The Bertz CT molecular complexity index is 862. The number of rotatable bonds is 3. The Morgan fingerprint density at radius 2 is 1.88 bits per heavy atom. The van der Waals surface area contributed by atoms with Gasteiger partial charge in [-0.1, -0.05) is 45.0 Å². The summed E-state index contributed by atoms with van der Waals surface area (Å²) in [5.74, 6) is 0.128. The monoisotopic (exact) mass is 350 g/mol. The second-order valence-corrected chi connectivity index (χ2v) is 7.24. The SMILES string of the molecule is CC(C)(C)c1ccc(/C=C/C(=O)Nc2ccc3c(c2)OCC(=O)N3)cc1. The summed E-state index contributed by atoms with van der Waals surface area (Å²) in [6, 6.07) is 13.3. The molecule has 2 amide bonds. The Labute approximate surface area is 153 Å². The van der Waals surface area contributed by atoms with Gasteiger partial charge in [-0.05, 0) is 34.8 Å². The van der Waals surface area contributed by atoms with Gasteiger partial charge in [0.15, 0.2) is 6.61 Å². The molecule has 0 atom stereocenters. The van der Waals surface area contributed by atoms with Crippen LogP contribution in [0.3, 0.4) is 0 Å². The van der Waals surface area contributed by atoms with Crippen LogP contribution in [0.2, 0.25) is 0 Å². The van der Waals surface area contributed by atoms with Gasteiger partial charge >= 0.3 is 0 Å². The number of amides is 2. The highest BCUT2D eigenvalue weighted by Crippen LogP contribution is 2.30. The topological polar surface area (TPSA) is 67.4 Å². The van der Waals surface area contributed by atoms with E-state index in [1.807, 2.05) is 12.1 Å². The first-order chi connectivity index (χ1) is 12.3. The molecule has 2 N–H and O–H groups in total. The molecule has 5 nitrogen and oxygen atoms in total. The first kappa shape index (κ1) is 17.7. The van der Waals surface area contributed by atoms with E-state index in [2.05, 4.69) is 43.5 Å². The Balaban J connectivity index is 1.63. The van der Waals surface area contributed by atoms with Crippen molar-refractivity contribution in [1.29, 1.82) is 0 Å². The van der Waals surface area contributed by atoms with Crippen LogP contribution in [0.4, 0.5) is 11.4 Å². The number of benzene rings is 2. The highest BCUT2D eigenvalue weighted by Gasteiger charge is 2.16. The Hall–Kier alpha value is -3.08. The molecule has 0 fully saturated rings. The van der Waals surface area contributed by atoms with Gasteiger partial charge in [-0.2, -0.15) is 0 Å². The number of ether oxygens (including phenoxy) is 1. The van der Waals surface area contributed by atoms with Crippen LogP contribution in [0.1, 0.15) is 31.9 Å². The fourth-order valence-corrected chi connectivity index (χ4v) is 2.60. The summed E-state index contributed by atoms with van der Waals surface area (Å²) in [4.78, 5) is 23.4. The van der Waals surface area contributed by atoms with Crippen LogP contribution in [0.5, 0.6) is 5.75 Å². The van der Waals surface area contributed by atoms with Crippen LogP contribution < -0.4 is 15.4 Å². The van der Waals surface area contributed by atoms with E-state index in [9.17, 15) is 9.59 Å². The molecule has 0 saturated heterocycles. The van der Waals surface area contributed by atoms with Gasteiger partial charge in [-0.25, -0.2) is 0 Å². The number of carbonyl (C=O) groups excluding carboxylic acids is 2. The number of carbonyl (C=O) groups is 2. The maximum absolute atomic E-state index is 12.1. The second-order valence-electron chi connectivity index (χ2n) is 7.24. The highest BCUT2D eigenvalue weighted by molar-refractivity contribution is 6.02. The predicted octanol–water partition coefficient (Wildman–Crippen LogP) is 3.97. The molecular weight excluding hydrogens is 328 g/mol. The lowest BCUT2D eigenvalue weighted by Crippen LogP contribution is -2.25. The fourth-order valence-electron chi connectivity index (χ4n) is 2.60. The molecule has 0 aliphatic carbocycles. The van der Waals surface area contributed by atoms with E-state index in [4.69, 9.17) is 4.74 Å². The molecule has 1 heterocycles. The van der Waals surface area contributed by atoms with E-state index < -0.39 is 0 Å². The van der Waals surface area contributed by atoms with E-state index in [0.717, 1.165) is 5.56 Å². The fraction of sp³-hybridized carbons (Fsp3) is 0.238. The number of anilines is 2. The van der Waals surface area contributed by atoms with Crippen molar-refractivity contribution in [3.05, 3.63) is 59.7 Å². The van der Waals surface area contributed by atoms with E-state index in [0.29, 0.717) is 17.1 Å². The molecule has 134 valence electrons. The zero-order valence-corrected chi connectivity index (χ0v) is 15.1. The average Bonchev–Trinajstić information content (AvgIpc) is 2.60. The summed E-state index contributed by atoms with van der Waals surface area (Å²) < 4.78 is 5.34. The van der Waals surface area contributed by atoms with Crippen molar-refractivity contribution in [2.45, 2.75) is 26.2 Å². The smallest absolute Gasteiger partial charge is 0.262 e. The van der Waals surface area contributed by atoms with Crippen LogP contribution in [0.15, 0.2) is 48.5 Å². The minimum atomic E-state index is -0.232. The molecular formula is C21H22N2O3. The third-order valence-corrected chi connectivity index (χ3v) is 4.09.